The van der Waals surface area contributed by atoms with Crippen LogP contribution in [-0.2, 0) is 4.74 Å². The lowest BCUT2D eigenvalue weighted by Crippen LogP contribution is -2.42. The van der Waals surface area contributed by atoms with E-state index in [2.05, 4.69) is 32.6 Å². The summed E-state index contributed by atoms with van der Waals surface area (Å²) in [4.78, 5) is 2.43. The van der Waals surface area contributed by atoms with E-state index in [1.165, 1.54) is 0 Å². The second kappa shape index (κ2) is 8.90. The number of rotatable bonds is 10. The number of hydrogen-bond donors (Lipinski definition) is 1. The molecule has 0 heterocycles. The van der Waals surface area contributed by atoms with Gasteiger partial charge in [-0.25, -0.2) is 0 Å². The molecule has 0 aliphatic heterocycles. The van der Waals surface area contributed by atoms with Gasteiger partial charge in [-0.1, -0.05) is 27.7 Å². The summed E-state index contributed by atoms with van der Waals surface area (Å²) in [6, 6.07) is 0. The van der Waals surface area contributed by atoms with Gasteiger partial charge in [-0.05, 0) is 18.8 Å². The van der Waals surface area contributed by atoms with Crippen LogP contribution in [0.4, 0.5) is 0 Å². The van der Waals surface area contributed by atoms with Crippen LogP contribution in [0.15, 0.2) is 0 Å². The second-order valence-electron chi connectivity index (χ2n) is 5.49. The van der Waals surface area contributed by atoms with Crippen molar-refractivity contribution in [2.45, 2.75) is 40.5 Å². The Morgan fingerprint density at radius 3 is 2.18 bits per heavy atom. The molecule has 0 amide bonds. The molecule has 0 atom stereocenters. The summed E-state index contributed by atoms with van der Waals surface area (Å²) in [5.41, 5.74) is 0.0582. The summed E-state index contributed by atoms with van der Waals surface area (Å²) < 4.78 is 5.17. The molecule has 0 aromatic rings. The lowest BCUT2D eigenvalue weighted by Gasteiger charge is -2.36. The highest BCUT2D eigenvalue weighted by molar-refractivity contribution is 4.80. The zero-order valence-corrected chi connectivity index (χ0v) is 12.3. The van der Waals surface area contributed by atoms with Crippen molar-refractivity contribution in [3.63, 3.8) is 0 Å². The van der Waals surface area contributed by atoms with E-state index < -0.39 is 0 Å². The summed E-state index contributed by atoms with van der Waals surface area (Å²) in [5, 5.41) is 9.63. The van der Waals surface area contributed by atoms with E-state index in [0.717, 1.165) is 39.1 Å². The van der Waals surface area contributed by atoms with E-state index in [9.17, 15) is 5.11 Å². The lowest BCUT2D eigenvalue weighted by molar-refractivity contribution is 0.0481. The largest absolute Gasteiger partial charge is 0.396 e. The van der Waals surface area contributed by atoms with Crippen molar-refractivity contribution >= 4 is 0 Å². The molecule has 0 bridgehead atoms. The van der Waals surface area contributed by atoms with Crippen molar-refractivity contribution in [1.82, 2.24) is 4.90 Å². The predicted molar refractivity (Wildman–Crippen MR) is 73.3 cm³/mol. The van der Waals surface area contributed by atoms with E-state index in [1.54, 1.807) is 7.11 Å². The van der Waals surface area contributed by atoms with Crippen LogP contribution in [0.1, 0.15) is 40.5 Å². The fourth-order valence-corrected chi connectivity index (χ4v) is 2.19. The molecule has 0 spiro atoms. The van der Waals surface area contributed by atoms with Crippen LogP contribution in [-0.4, -0.2) is 50.0 Å². The average Bonchev–Trinajstić information content (AvgIpc) is 2.32. The van der Waals surface area contributed by atoms with Gasteiger partial charge in [0.15, 0.2) is 0 Å². The van der Waals surface area contributed by atoms with Crippen LogP contribution in [0.2, 0.25) is 0 Å². The molecular weight excluding hydrogens is 214 g/mol. The van der Waals surface area contributed by atoms with Crippen LogP contribution in [0.25, 0.3) is 0 Å². The van der Waals surface area contributed by atoms with Crippen molar-refractivity contribution < 1.29 is 9.84 Å². The van der Waals surface area contributed by atoms with Crippen LogP contribution < -0.4 is 0 Å². The minimum absolute atomic E-state index is 0.0582. The van der Waals surface area contributed by atoms with E-state index >= 15 is 0 Å². The second-order valence-corrected chi connectivity index (χ2v) is 5.49. The van der Waals surface area contributed by atoms with Crippen LogP contribution in [0, 0.1) is 11.3 Å². The van der Waals surface area contributed by atoms with Crippen molar-refractivity contribution in [3.8, 4) is 0 Å². The molecule has 0 saturated heterocycles. The summed E-state index contributed by atoms with van der Waals surface area (Å²) in [6.45, 7) is 12.9. The molecule has 0 aromatic heterocycles. The molecule has 1 N–H and O–H groups in total. The van der Waals surface area contributed by atoms with Crippen LogP contribution in [0.5, 0.6) is 0 Å². The third-order valence-electron chi connectivity index (χ3n) is 3.63. The quantitative estimate of drug-likeness (QED) is 0.641. The van der Waals surface area contributed by atoms with Gasteiger partial charge in [-0.2, -0.15) is 0 Å². The van der Waals surface area contributed by atoms with Crippen molar-refractivity contribution in [1.29, 1.82) is 0 Å². The van der Waals surface area contributed by atoms with E-state index in [4.69, 9.17) is 4.74 Å². The summed E-state index contributed by atoms with van der Waals surface area (Å²) in [5.74, 6) is 0.650. The van der Waals surface area contributed by atoms with E-state index in [1.807, 2.05) is 0 Å². The van der Waals surface area contributed by atoms with Gasteiger partial charge in [0.1, 0.15) is 0 Å². The average molecular weight is 245 g/mol. The van der Waals surface area contributed by atoms with Crippen LogP contribution in [0.3, 0.4) is 0 Å². The van der Waals surface area contributed by atoms with Gasteiger partial charge in [0.2, 0.25) is 0 Å². The molecule has 0 aliphatic carbocycles. The number of ether oxygens (including phenoxy) is 1. The maximum atomic E-state index is 9.63. The Morgan fingerprint density at radius 2 is 1.82 bits per heavy atom. The minimum atomic E-state index is 0.0582. The molecule has 0 unspecified atom stereocenters. The van der Waals surface area contributed by atoms with Gasteiger partial charge in [-0.15, -0.1) is 0 Å². The van der Waals surface area contributed by atoms with E-state index in [0.29, 0.717) is 5.92 Å². The Hall–Kier alpha value is -0.120. The topological polar surface area (TPSA) is 32.7 Å². The molecule has 104 valence electrons. The first kappa shape index (κ1) is 16.9. The molecule has 0 aliphatic rings. The van der Waals surface area contributed by atoms with Gasteiger partial charge in [-0.3, -0.25) is 0 Å². The van der Waals surface area contributed by atoms with Gasteiger partial charge in [0.05, 0.1) is 6.61 Å². The van der Waals surface area contributed by atoms with Crippen molar-refractivity contribution in [2.75, 3.05) is 40.0 Å². The highest BCUT2D eigenvalue weighted by Crippen LogP contribution is 2.27. The molecule has 0 rings (SSSR count). The van der Waals surface area contributed by atoms with Crippen molar-refractivity contribution in [3.05, 3.63) is 0 Å². The predicted octanol–water partition coefficient (Wildman–Crippen LogP) is 2.39. The Morgan fingerprint density at radius 1 is 1.24 bits per heavy atom. The van der Waals surface area contributed by atoms with Gasteiger partial charge in [0, 0.05) is 38.8 Å². The van der Waals surface area contributed by atoms with Gasteiger partial charge in [0.25, 0.3) is 0 Å². The zero-order valence-electron chi connectivity index (χ0n) is 12.3. The molecular formula is C14H31NO2. The Kier molecular flexibility index (Phi) is 8.83. The van der Waals surface area contributed by atoms with Gasteiger partial charge < -0.3 is 14.7 Å². The minimum Gasteiger partial charge on any atom is -0.396 e. The number of aliphatic hydroxyl groups excluding tert-OH is 1. The Bertz CT molecular complexity index is 171. The number of hydrogen-bond acceptors (Lipinski definition) is 3. The van der Waals surface area contributed by atoms with E-state index in [-0.39, 0.29) is 12.0 Å². The SMILES string of the molecule is CCC(CC)(CO)CN(CCOC)CC(C)C. The first-order valence-electron chi connectivity index (χ1n) is 6.85. The third kappa shape index (κ3) is 6.39. The zero-order chi connectivity index (χ0) is 13.3. The summed E-state index contributed by atoms with van der Waals surface area (Å²) >= 11 is 0. The molecule has 0 saturated carbocycles. The number of aliphatic hydroxyl groups is 1. The highest BCUT2D eigenvalue weighted by Gasteiger charge is 2.28. The third-order valence-corrected chi connectivity index (χ3v) is 3.63. The Balaban J connectivity index is 4.46. The monoisotopic (exact) mass is 245 g/mol. The maximum Gasteiger partial charge on any atom is 0.0589 e. The molecule has 3 heteroatoms. The lowest BCUT2D eigenvalue weighted by atomic mass is 9.82. The fraction of sp³-hybridized carbons (Fsp3) is 1.00. The van der Waals surface area contributed by atoms with Crippen LogP contribution >= 0.6 is 0 Å². The first-order chi connectivity index (χ1) is 8.03. The van der Waals surface area contributed by atoms with Crippen molar-refractivity contribution in [2.24, 2.45) is 11.3 Å². The maximum absolute atomic E-state index is 9.63. The molecule has 3 nitrogen and oxygen atoms in total. The smallest absolute Gasteiger partial charge is 0.0589 e. The summed E-state index contributed by atoms with van der Waals surface area (Å²) in [6.07, 6.45) is 2.06. The number of nitrogens with zero attached hydrogens (tertiary/aromatic N) is 1. The molecule has 0 radical (unpaired) electrons. The molecule has 0 aromatic carbocycles. The number of methoxy groups -OCH3 is 1. The molecule has 0 fully saturated rings. The normalized spacial score (nSPS) is 12.7. The summed E-state index contributed by atoms with van der Waals surface area (Å²) in [7, 11) is 1.74. The first-order valence-corrected chi connectivity index (χ1v) is 6.85. The highest BCUT2D eigenvalue weighted by atomic mass is 16.5. The standard InChI is InChI=1S/C14H31NO2/c1-6-14(7-2,12-16)11-15(8-9-17-5)10-13(3)4/h13,16H,6-12H2,1-5H3. The van der Waals surface area contributed by atoms with Gasteiger partial charge >= 0.3 is 0 Å². The fourth-order valence-electron chi connectivity index (χ4n) is 2.19. The molecule has 17 heavy (non-hydrogen) atoms. The Labute approximate surface area is 107 Å².